The lowest BCUT2D eigenvalue weighted by molar-refractivity contribution is 0.166. The van der Waals surface area contributed by atoms with Crippen molar-refractivity contribution < 1.29 is 22.9 Å². The molecule has 1 aromatic carbocycles. The Morgan fingerprint density at radius 2 is 1.79 bits per heavy atom. The van der Waals surface area contributed by atoms with E-state index in [4.69, 9.17) is 29.9 Å². The van der Waals surface area contributed by atoms with Crippen LogP contribution in [0.15, 0.2) is 18.2 Å². The van der Waals surface area contributed by atoms with Gasteiger partial charge in [-0.15, -0.1) is 11.6 Å². The number of hydrogen-bond donors (Lipinski definition) is 0. The molecule has 0 aliphatic rings. The number of benzene rings is 1. The van der Waals surface area contributed by atoms with Gasteiger partial charge in [-0.2, -0.15) is 0 Å². The van der Waals surface area contributed by atoms with Crippen molar-refractivity contribution in [3.8, 4) is 11.5 Å². The van der Waals surface area contributed by atoms with Gasteiger partial charge in [-0.3, -0.25) is 9.05 Å². The number of ether oxygens (including phenoxy) is 1. The predicted octanol–water partition coefficient (Wildman–Crippen LogP) is 3.99. The van der Waals surface area contributed by atoms with Crippen molar-refractivity contribution in [2.45, 2.75) is 19.7 Å². The van der Waals surface area contributed by atoms with Crippen molar-refractivity contribution >= 4 is 19.4 Å². The molecule has 0 aromatic heterocycles. The molecule has 108 valence electrons. The number of phosphoric ester groups is 1. The molecule has 1 aromatic rings. The number of hydrogen-bond acceptors (Lipinski definition) is 5. The fraction of sp³-hybridized carbons (Fsp3) is 0.500. The lowest BCUT2D eigenvalue weighted by Gasteiger charge is -2.18. The number of rotatable bonds is 8. The van der Waals surface area contributed by atoms with Gasteiger partial charge in [0, 0.05) is 5.88 Å². The third-order valence-electron chi connectivity index (χ3n) is 2.17. The SMILES string of the molecule is CCOP(=O)(OCC)Oc1cc(CCl)ccc1OC. The second-order valence-corrected chi connectivity index (χ2v) is 5.35. The van der Waals surface area contributed by atoms with Crippen LogP contribution >= 0.6 is 19.4 Å². The number of alkyl halides is 1. The van der Waals surface area contributed by atoms with E-state index in [9.17, 15) is 4.57 Å². The Hall–Kier alpha value is -0.740. The Balaban J connectivity index is 3.03. The zero-order chi connectivity index (χ0) is 14.3. The average molecular weight is 309 g/mol. The second-order valence-electron chi connectivity index (χ2n) is 3.49. The minimum Gasteiger partial charge on any atom is -0.493 e. The number of phosphoric acid groups is 1. The Bertz CT molecular complexity index is 442. The molecule has 7 heteroatoms. The van der Waals surface area contributed by atoms with E-state index in [1.54, 1.807) is 32.0 Å². The Labute approximate surface area is 118 Å². The third kappa shape index (κ3) is 4.69. The summed E-state index contributed by atoms with van der Waals surface area (Å²) in [6.07, 6.45) is 0. The van der Waals surface area contributed by atoms with Crippen molar-refractivity contribution in [2.75, 3.05) is 20.3 Å². The highest BCUT2D eigenvalue weighted by molar-refractivity contribution is 7.48. The Kier molecular flexibility index (Phi) is 6.66. The summed E-state index contributed by atoms with van der Waals surface area (Å²) < 4.78 is 33.0. The van der Waals surface area contributed by atoms with E-state index >= 15 is 0 Å². The summed E-state index contributed by atoms with van der Waals surface area (Å²) in [7, 11) is -2.14. The van der Waals surface area contributed by atoms with Gasteiger partial charge in [0.15, 0.2) is 11.5 Å². The van der Waals surface area contributed by atoms with Gasteiger partial charge >= 0.3 is 7.82 Å². The molecular weight excluding hydrogens is 291 g/mol. The maximum atomic E-state index is 12.3. The molecule has 0 aliphatic heterocycles. The molecule has 0 heterocycles. The van der Waals surface area contributed by atoms with Gasteiger partial charge in [0.2, 0.25) is 0 Å². The molecule has 0 unspecified atom stereocenters. The summed E-state index contributed by atoms with van der Waals surface area (Å²) in [5, 5.41) is 0. The van der Waals surface area contributed by atoms with E-state index in [2.05, 4.69) is 0 Å². The maximum absolute atomic E-state index is 12.3. The molecule has 0 saturated carbocycles. The summed E-state index contributed by atoms with van der Waals surface area (Å²) >= 11 is 5.76. The summed E-state index contributed by atoms with van der Waals surface area (Å²) in [6, 6.07) is 5.14. The highest BCUT2D eigenvalue weighted by Crippen LogP contribution is 2.51. The standard InChI is InChI=1S/C12H18ClO5P/c1-4-16-19(14,17-5-2)18-12-8-10(9-13)6-7-11(12)15-3/h6-8H,4-5,9H2,1-3H3. The van der Waals surface area contributed by atoms with Gasteiger partial charge in [-0.1, -0.05) is 6.07 Å². The first-order chi connectivity index (χ1) is 9.08. The zero-order valence-electron chi connectivity index (χ0n) is 11.2. The van der Waals surface area contributed by atoms with E-state index in [0.29, 0.717) is 11.6 Å². The smallest absolute Gasteiger partial charge is 0.493 e. The first-order valence-corrected chi connectivity index (χ1v) is 7.89. The van der Waals surface area contributed by atoms with Crippen LogP contribution in [-0.4, -0.2) is 20.3 Å². The summed E-state index contributed by atoms with van der Waals surface area (Å²) in [5.74, 6) is 1.04. The molecule has 0 spiro atoms. The van der Waals surface area contributed by atoms with Crippen LogP contribution in [0.25, 0.3) is 0 Å². The third-order valence-corrected chi connectivity index (χ3v) is 4.04. The van der Waals surface area contributed by atoms with E-state index in [1.165, 1.54) is 7.11 Å². The largest absolute Gasteiger partial charge is 0.530 e. The van der Waals surface area contributed by atoms with Gasteiger partial charge in [-0.05, 0) is 31.5 Å². The molecular formula is C12H18ClO5P. The van der Waals surface area contributed by atoms with Crippen LogP contribution < -0.4 is 9.26 Å². The van der Waals surface area contributed by atoms with Crippen molar-refractivity contribution in [3.05, 3.63) is 23.8 Å². The van der Waals surface area contributed by atoms with Gasteiger partial charge in [-0.25, -0.2) is 4.57 Å². The molecule has 0 atom stereocenters. The van der Waals surface area contributed by atoms with Gasteiger partial charge in [0.25, 0.3) is 0 Å². The maximum Gasteiger partial charge on any atom is 0.530 e. The fourth-order valence-electron chi connectivity index (χ4n) is 1.40. The van der Waals surface area contributed by atoms with E-state index in [0.717, 1.165) is 5.56 Å². The minimum absolute atomic E-state index is 0.217. The lowest BCUT2D eigenvalue weighted by atomic mass is 10.2. The summed E-state index contributed by atoms with van der Waals surface area (Å²) in [6.45, 7) is 3.85. The van der Waals surface area contributed by atoms with Crippen LogP contribution in [-0.2, 0) is 19.5 Å². The summed E-state index contributed by atoms with van der Waals surface area (Å²) in [5.41, 5.74) is 0.817. The lowest BCUT2D eigenvalue weighted by Crippen LogP contribution is -2.03. The Morgan fingerprint density at radius 3 is 2.26 bits per heavy atom. The molecule has 0 saturated heterocycles. The molecule has 0 radical (unpaired) electrons. The van der Waals surface area contributed by atoms with Crippen LogP contribution in [0.3, 0.4) is 0 Å². The molecule has 19 heavy (non-hydrogen) atoms. The first kappa shape index (κ1) is 16.3. The highest BCUT2D eigenvalue weighted by atomic mass is 35.5. The predicted molar refractivity (Wildman–Crippen MR) is 74.0 cm³/mol. The average Bonchev–Trinajstić information content (AvgIpc) is 2.39. The molecule has 5 nitrogen and oxygen atoms in total. The molecule has 0 fully saturated rings. The van der Waals surface area contributed by atoms with Crippen molar-refractivity contribution in [1.29, 1.82) is 0 Å². The van der Waals surface area contributed by atoms with Crippen LogP contribution in [0.4, 0.5) is 0 Å². The van der Waals surface area contributed by atoms with Gasteiger partial charge in [0.05, 0.1) is 20.3 Å². The van der Waals surface area contributed by atoms with Crippen LogP contribution in [0.2, 0.25) is 0 Å². The normalized spacial score (nSPS) is 11.4. The monoisotopic (exact) mass is 308 g/mol. The zero-order valence-corrected chi connectivity index (χ0v) is 12.9. The highest BCUT2D eigenvalue weighted by Gasteiger charge is 2.28. The van der Waals surface area contributed by atoms with E-state index in [1.807, 2.05) is 0 Å². The van der Waals surface area contributed by atoms with E-state index < -0.39 is 7.82 Å². The molecule has 0 N–H and O–H groups in total. The molecule has 0 amide bonds. The minimum atomic E-state index is -3.63. The quantitative estimate of drug-likeness (QED) is 0.537. The molecule has 0 bridgehead atoms. The van der Waals surface area contributed by atoms with Crippen LogP contribution in [0, 0.1) is 0 Å². The Morgan fingerprint density at radius 1 is 1.16 bits per heavy atom. The van der Waals surface area contributed by atoms with Gasteiger partial charge < -0.3 is 9.26 Å². The summed E-state index contributed by atoms with van der Waals surface area (Å²) in [4.78, 5) is 0. The van der Waals surface area contributed by atoms with E-state index in [-0.39, 0.29) is 19.0 Å². The molecule has 0 aliphatic carbocycles. The number of methoxy groups -OCH3 is 1. The van der Waals surface area contributed by atoms with Crippen LogP contribution in [0.1, 0.15) is 19.4 Å². The second kappa shape index (κ2) is 7.75. The van der Waals surface area contributed by atoms with Crippen molar-refractivity contribution in [3.63, 3.8) is 0 Å². The first-order valence-electron chi connectivity index (χ1n) is 5.90. The van der Waals surface area contributed by atoms with Gasteiger partial charge in [0.1, 0.15) is 0 Å². The topological polar surface area (TPSA) is 54.0 Å². The molecule has 1 rings (SSSR count). The number of halogens is 1. The fourth-order valence-corrected chi connectivity index (χ4v) is 2.76. The van der Waals surface area contributed by atoms with Crippen LogP contribution in [0.5, 0.6) is 11.5 Å². The van der Waals surface area contributed by atoms with Crippen molar-refractivity contribution in [1.82, 2.24) is 0 Å². The van der Waals surface area contributed by atoms with Crippen molar-refractivity contribution in [2.24, 2.45) is 0 Å².